The van der Waals surface area contributed by atoms with Gasteiger partial charge in [-0.3, -0.25) is 4.79 Å². The van der Waals surface area contributed by atoms with Crippen molar-refractivity contribution in [3.63, 3.8) is 0 Å². The highest BCUT2D eigenvalue weighted by molar-refractivity contribution is 5.95. The Kier molecular flexibility index (Phi) is 6.87. The van der Waals surface area contributed by atoms with Crippen LogP contribution in [0.15, 0.2) is 84.6 Å². The van der Waals surface area contributed by atoms with E-state index in [-0.39, 0.29) is 19.0 Å². The Balaban J connectivity index is 1.45. The van der Waals surface area contributed by atoms with Crippen LogP contribution in [0, 0.1) is 0 Å². The third-order valence-electron chi connectivity index (χ3n) is 4.95. The van der Waals surface area contributed by atoms with E-state index in [1.165, 1.54) is 6.07 Å². The maximum Gasteiger partial charge on any atom is 0.338 e. The number of amides is 1. The lowest BCUT2D eigenvalue weighted by Crippen LogP contribution is -2.20. The van der Waals surface area contributed by atoms with Crippen LogP contribution in [0.3, 0.4) is 0 Å². The van der Waals surface area contributed by atoms with Crippen molar-refractivity contribution in [1.29, 1.82) is 0 Å². The van der Waals surface area contributed by atoms with Crippen molar-refractivity contribution >= 4 is 29.1 Å². The Labute approximate surface area is 196 Å². The number of ether oxygens (including phenoxy) is 3. The van der Waals surface area contributed by atoms with Gasteiger partial charge in [0.15, 0.2) is 12.5 Å². The molecule has 0 bridgehead atoms. The van der Waals surface area contributed by atoms with E-state index in [2.05, 4.69) is 5.32 Å². The molecule has 7 heteroatoms. The number of carbonyl (C=O) groups is 2. The number of rotatable bonds is 7. The third-order valence-corrected chi connectivity index (χ3v) is 4.95. The second-order valence-electron chi connectivity index (χ2n) is 7.29. The first kappa shape index (κ1) is 22.6. The van der Waals surface area contributed by atoms with Gasteiger partial charge in [0.1, 0.15) is 11.5 Å². The first-order valence-corrected chi connectivity index (χ1v) is 10.6. The molecule has 0 aliphatic carbocycles. The van der Waals surface area contributed by atoms with Crippen LogP contribution in [0.1, 0.15) is 28.4 Å². The van der Waals surface area contributed by atoms with E-state index in [9.17, 15) is 14.4 Å². The quantitative estimate of drug-likeness (QED) is 0.419. The van der Waals surface area contributed by atoms with Crippen molar-refractivity contribution in [2.45, 2.75) is 6.92 Å². The molecule has 0 saturated carbocycles. The minimum Gasteiger partial charge on any atom is -0.484 e. The van der Waals surface area contributed by atoms with E-state index in [0.29, 0.717) is 22.7 Å². The minimum atomic E-state index is -0.462. The molecule has 170 valence electrons. The smallest absolute Gasteiger partial charge is 0.338 e. The third kappa shape index (κ3) is 5.23. The van der Waals surface area contributed by atoms with E-state index in [4.69, 9.17) is 14.2 Å². The summed E-state index contributed by atoms with van der Waals surface area (Å²) < 4.78 is 16.2. The fourth-order valence-corrected chi connectivity index (χ4v) is 3.45. The Morgan fingerprint density at radius 2 is 1.82 bits per heavy atom. The van der Waals surface area contributed by atoms with Crippen LogP contribution < -0.4 is 14.8 Å². The average Bonchev–Trinajstić information content (AvgIpc) is 2.87. The van der Waals surface area contributed by atoms with E-state index in [1.54, 1.807) is 49.3 Å². The van der Waals surface area contributed by atoms with E-state index < -0.39 is 11.9 Å². The van der Waals surface area contributed by atoms with Crippen molar-refractivity contribution in [1.82, 2.24) is 0 Å². The summed E-state index contributed by atoms with van der Waals surface area (Å²) in [5.41, 5.74) is 3.33. The highest BCUT2D eigenvalue weighted by atomic mass is 16.5. The molecule has 0 spiro atoms. The number of nitrogens with one attached hydrogen (secondary N) is 1. The number of hydrogen-bond acceptors (Lipinski definition) is 6. The van der Waals surface area contributed by atoms with Crippen molar-refractivity contribution in [2.24, 2.45) is 0 Å². The molecular formula is C27H21NO6. The molecule has 4 rings (SSSR count). The predicted octanol–water partition coefficient (Wildman–Crippen LogP) is 4.42. The van der Waals surface area contributed by atoms with Crippen LogP contribution >= 0.6 is 0 Å². The number of fused-ring (bicyclic) bond motifs is 1. The second-order valence-corrected chi connectivity index (χ2v) is 7.29. The zero-order valence-corrected chi connectivity index (χ0v) is 18.4. The number of benzene rings is 3. The van der Waals surface area contributed by atoms with Crippen LogP contribution in [0.4, 0.5) is 5.69 Å². The molecule has 1 heterocycles. The summed E-state index contributed by atoms with van der Waals surface area (Å²) >= 11 is 0. The van der Waals surface area contributed by atoms with Crippen LogP contribution in [-0.2, 0) is 14.3 Å². The number of carbonyl (C=O) groups excluding carboxylic acids is 3. The van der Waals surface area contributed by atoms with Gasteiger partial charge in [0.25, 0.3) is 5.91 Å². The van der Waals surface area contributed by atoms with Gasteiger partial charge in [0, 0.05) is 23.4 Å². The van der Waals surface area contributed by atoms with Crippen LogP contribution in [-0.4, -0.2) is 31.0 Å². The van der Waals surface area contributed by atoms with Gasteiger partial charge in [-0.25, -0.2) is 9.59 Å². The summed E-state index contributed by atoms with van der Waals surface area (Å²) in [5, 5.41) is 2.69. The normalized spacial score (nSPS) is 11.9. The molecule has 0 fully saturated rings. The van der Waals surface area contributed by atoms with Gasteiger partial charge < -0.3 is 19.5 Å². The van der Waals surface area contributed by atoms with E-state index in [0.717, 1.165) is 16.7 Å². The summed E-state index contributed by atoms with van der Waals surface area (Å²) in [4.78, 5) is 35.5. The Bertz CT molecular complexity index is 1310. The molecule has 0 unspecified atom stereocenters. The molecule has 0 radical (unpaired) electrons. The molecule has 34 heavy (non-hydrogen) atoms. The molecule has 0 saturated heterocycles. The first-order valence-electron chi connectivity index (χ1n) is 10.6. The SMILES string of the molecule is CCOC(=O)c1cccc(NC(=O)COc2ccc3c(c2)OC(=C=O)C=C3c2ccccc2)c1. The van der Waals surface area contributed by atoms with Gasteiger partial charge in [-0.1, -0.05) is 36.4 Å². The Hall–Kier alpha value is -4.61. The van der Waals surface area contributed by atoms with Gasteiger partial charge in [-0.2, -0.15) is 0 Å². The lowest BCUT2D eigenvalue weighted by atomic mass is 9.95. The van der Waals surface area contributed by atoms with Gasteiger partial charge in [0.2, 0.25) is 5.76 Å². The highest BCUT2D eigenvalue weighted by Crippen LogP contribution is 2.38. The zero-order valence-electron chi connectivity index (χ0n) is 18.4. The zero-order chi connectivity index (χ0) is 23.9. The average molecular weight is 455 g/mol. The molecule has 7 nitrogen and oxygen atoms in total. The summed E-state index contributed by atoms with van der Waals surface area (Å²) in [6, 6.07) is 21.2. The van der Waals surface area contributed by atoms with Crippen LogP contribution in [0.2, 0.25) is 0 Å². The lowest BCUT2D eigenvalue weighted by Gasteiger charge is -2.20. The van der Waals surface area contributed by atoms with Gasteiger partial charge in [0.05, 0.1) is 12.2 Å². The first-order chi connectivity index (χ1) is 16.6. The van der Waals surface area contributed by atoms with Crippen molar-refractivity contribution in [2.75, 3.05) is 18.5 Å². The molecule has 3 aromatic rings. The summed E-state index contributed by atoms with van der Waals surface area (Å²) in [5.74, 6) is 1.81. The topological polar surface area (TPSA) is 90.9 Å². The predicted molar refractivity (Wildman–Crippen MR) is 126 cm³/mol. The largest absolute Gasteiger partial charge is 0.484 e. The summed E-state index contributed by atoms with van der Waals surface area (Å²) in [6.07, 6.45) is 1.64. The maximum absolute atomic E-state index is 12.4. The molecule has 1 amide bonds. The van der Waals surface area contributed by atoms with Gasteiger partial charge in [-0.15, -0.1) is 0 Å². The second kappa shape index (κ2) is 10.3. The standard InChI is InChI=1S/C27H21NO6/c1-2-32-27(31)19-9-6-10-20(13-19)28-26(30)17-33-21-11-12-23-24(18-7-4-3-5-8-18)14-22(16-29)34-25(23)15-21/h3-15H,2,17H2,1H3,(H,28,30). The Morgan fingerprint density at radius 3 is 2.59 bits per heavy atom. The number of anilines is 1. The minimum absolute atomic E-state index is 0.0581. The lowest BCUT2D eigenvalue weighted by molar-refractivity contribution is -0.118. The fourth-order valence-electron chi connectivity index (χ4n) is 3.45. The van der Waals surface area contributed by atoms with Crippen molar-refractivity contribution in [3.8, 4) is 11.5 Å². The van der Waals surface area contributed by atoms with Gasteiger partial charge >= 0.3 is 5.97 Å². The number of hydrogen-bond donors (Lipinski definition) is 1. The van der Waals surface area contributed by atoms with E-state index in [1.807, 2.05) is 36.4 Å². The molecule has 1 aliphatic heterocycles. The number of esters is 1. The molecule has 1 N–H and O–H groups in total. The van der Waals surface area contributed by atoms with Crippen LogP contribution in [0.25, 0.3) is 5.57 Å². The summed E-state index contributed by atoms with van der Waals surface area (Å²) in [6.45, 7) is 1.72. The van der Waals surface area contributed by atoms with Gasteiger partial charge in [-0.05, 0) is 48.4 Å². The Morgan fingerprint density at radius 1 is 1.00 bits per heavy atom. The molecular weight excluding hydrogens is 434 g/mol. The summed E-state index contributed by atoms with van der Waals surface area (Å²) in [7, 11) is 0. The molecule has 0 atom stereocenters. The maximum atomic E-state index is 12.4. The highest BCUT2D eigenvalue weighted by Gasteiger charge is 2.20. The number of allylic oxidation sites excluding steroid dienone is 1. The molecule has 3 aromatic carbocycles. The fraction of sp³-hybridized carbons (Fsp3) is 0.111. The molecule has 0 aromatic heterocycles. The van der Waals surface area contributed by atoms with Crippen LogP contribution in [0.5, 0.6) is 11.5 Å². The molecule has 1 aliphatic rings. The van der Waals surface area contributed by atoms with Crippen molar-refractivity contribution < 1.29 is 28.6 Å². The van der Waals surface area contributed by atoms with E-state index >= 15 is 0 Å². The monoisotopic (exact) mass is 455 g/mol. The van der Waals surface area contributed by atoms with Crippen molar-refractivity contribution in [3.05, 3.63) is 101 Å².